The van der Waals surface area contributed by atoms with Crippen molar-refractivity contribution in [1.82, 2.24) is 14.8 Å². The Morgan fingerprint density at radius 2 is 2.04 bits per heavy atom. The van der Waals surface area contributed by atoms with E-state index in [9.17, 15) is 0 Å². The minimum absolute atomic E-state index is 0.406. The first-order valence-corrected chi connectivity index (χ1v) is 9.93. The zero-order valence-electron chi connectivity index (χ0n) is 15.9. The van der Waals surface area contributed by atoms with Gasteiger partial charge in [-0.25, -0.2) is 0 Å². The number of aromatic nitrogens is 3. The van der Waals surface area contributed by atoms with E-state index < -0.39 is 0 Å². The van der Waals surface area contributed by atoms with E-state index in [0.29, 0.717) is 18.4 Å². The van der Waals surface area contributed by atoms with Gasteiger partial charge in [-0.05, 0) is 42.9 Å². The first kappa shape index (κ1) is 20.1. The molecule has 2 aromatic rings. The molecule has 0 radical (unpaired) electrons. The van der Waals surface area contributed by atoms with Crippen molar-refractivity contribution in [2.75, 3.05) is 25.2 Å². The van der Waals surface area contributed by atoms with Crippen LogP contribution in [-0.2, 0) is 13.0 Å². The van der Waals surface area contributed by atoms with Crippen molar-refractivity contribution in [3.05, 3.63) is 30.1 Å². The van der Waals surface area contributed by atoms with E-state index in [1.807, 2.05) is 30.5 Å². The Labute approximate surface area is 159 Å². The van der Waals surface area contributed by atoms with Crippen molar-refractivity contribution in [2.45, 2.75) is 38.4 Å². The van der Waals surface area contributed by atoms with E-state index in [0.717, 1.165) is 41.8 Å². The average Bonchev–Trinajstić information content (AvgIpc) is 3.00. The van der Waals surface area contributed by atoms with Crippen LogP contribution in [0, 0.1) is 5.92 Å². The van der Waals surface area contributed by atoms with Crippen LogP contribution in [0.4, 0.5) is 5.69 Å². The number of methoxy groups -OCH3 is 1. The van der Waals surface area contributed by atoms with Gasteiger partial charge in [0.25, 0.3) is 0 Å². The van der Waals surface area contributed by atoms with Gasteiger partial charge in [-0.1, -0.05) is 25.6 Å². The molecular formula is C18H28N6OS. The highest BCUT2D eigenvalue weighted by Crippen LogP contribution is 2.17. The second-order valence-corrected chi connectivity index (χ2v) is 7.10. The fourth-order valence-electron chi connectivity index (χ4n) is 2.50. The SMILES string of the molecule is COc1ccc(NC(N)=NCCCc2nnc(SC)n2CC(C)C)cc1. The molecule has 3 N–H and O–H groups in total. The number of thioether (sulfide) groups is 1. The first-order valence-electron chi connectivity index (χ1n) is 8.70. The van der Waals surface area contributed by atoms with Crippen LogP contribution in [0.1, 0.15) is 26.1 Å². The molecule has 2 rings (SSSR count). The van der Waals surface area contributed by atoms with Gasteiger partial charge in [-0.3, -0.25) is 4.99 Å². The third kappa shape index (κ3) is 5.94. The summed E-state index contributed by atoms with van der Waals surface area (Å²) in [5.74, 6) is 2.78. The number of hydrogen-bond acceptors (Lipinski definition) is 5. The quantitative estimate of drug-likeness (QED) is 0.303. The number of nitrogens with one attached hydrogen (secondary N) is 1. The molecule has 0 aliphatic rings. The van der Waals surface area contributed by atoms with E-state index in [1.165, 1.54) is 0 Å². The van der Waals surface area contributed by atoms with Gasteiger partial charge in [0.1, 0.15) is 11.6 Å². The second kappa shape index (κ2) is 10.1. The van der Waals surface area contributed by atoms with Crippen molar-refractivity contribution < 1.29 is 4.74 Å². The zero-order valence-corrected chi connectivity index (χ0v) is 16.7. The molecule has 0 aliphatic carbocycles. The second-order valence-electron chi connectivity index (χ2n) is 6.33. The largest absolute Gasteiger partial charge is 0.497 e. The van der Waals surface area contributed by atoms with Gasteiger partial charge < -0.3 is 20.4 Å². The van der Waals surface area contributed by atoms with Crippen LogP contribution in [0.2, 0.25) is 0 Å². The third-order valence-electron chi connectivity index (χ3n) is 3.73. The number of guanidine groups is 1. The van der Waals surface area contributed by atoms with Crippen molar-refractivity contribution in [2.24, 2.45) is 16.6 Å². The fourth-order valence-corrected chi connectivity index (χ4v) is 3.02. The van der Waals surface area contributed by atoms with Gasteiger partial charge in [0.2, 0.25) is 0 Å². The molecule has 0 bridgehead atoms. The van der Waals surface area contributed by atoms with Crippen molar-refractivity contribution >= 4 is 23.4 Å². The Bertz CT molecular complexity index is 711. The van der Waals surface area contributed by atoms with Crippen LogP contribution < -0.4 is 15.8 Å². The maximum Gasteiger partial charge on any atom is 0.193 e. The minimum Gasteiger partial charge on any atom is -0.497 e. The predicted octanol–water partition coefficient (Wildman–Crippen LogP) is 3.02. The number of nitrogens with zero attached hydrogens (tertiary/aromatic N) is 4. The van der Waals surface area contributed by atoms with Crippen molar-refractivity contribution in [3.63, 3.8) is 0 Å². The van der Waals surface area contributed by atoms with Gasteiger partial charge in [0.15, 0.2) is 11.1 Å². The lowest BCUT2D eigenvalue weighted by molar-refractivity contribution is 0.415. The highest BCUT2D eigenvalue weighted by molar-refractivity contribution is 7.98. The Hall–Kier alpha value is -2.22. The van der Waals surface area contributed by atoms with Gasteiger partial charge >= 0.3 is 0 Å². The van der Waals surface area contributed by atoms with E-state index in [-0.39, 0.29) is 0 Å². The summed E-state index contributed by atoms with van der Waals surface area (Å²) in [6.07, 6.45) is 3.73. The molecule has 0 unspecified atom stereocenters. The molecular weight excluding hydrogens is 348 g/mol. The number of aliphatic imine (C=N–C) groups is 1. The Morgan fingerprint density at radius 3 is 2.65 bits per heavy atom. The van der Waals surface area contributed by atoms with Crippen LogP contribution in [-0.4, -0.2) is 40.6 Å². The summed E-state index contributed by atoms with van der Waals surface area (Å²) >= 11 is 1.63. The molecule has 8 heteroatoms. The molecule has 0 spiro atoms. The number of rotatable bonds is 9. The number of hydrogen-bond donors (Lipinski definition) is 2. The number of ether oxygens (including phenoxy) is 1. The van der Waals surface area contributed by atoms with E-state index in [2.05, 4.69) is 38.9 Å². The lowest BCUT2D eigenvalue weighted by atomic mass is 10.2. The van der Waals surface area contributed by atoms with E-state index in [4.69, 9.17) is 10.5 Å². The minimum atomic E-state index is 0.406. The van der Waals surface area contributed by atoms with Gasteiger partial charge in [-0.15, -0.1) is 10.2 Å². The summed E-state index contributed by atoms with van der Waals surface area (Å²) in [5, 5.41) is 12.6. The normalized spacial score (nSPS) is 11.8. The zero-order chi connectivity index (χ0) is 18.9. The number of anilines is 1. The summed E-state index contributed by atoms with van der Waals surface area (Å²) in [7, 11) is 1.64. The summed E-state index contributed by atoms with van der Waals surface area (Å²) < 4.78 is 7.34. The maximum atomic E-state index is 5.95. The lowest BCUT2D eigenvalue weighted by Crippen LogP contribution is -2.22. The molecule has 0 saturated carbocycles. The van der Waals surface area contributed by atoms with Crippen molar-refractivity contribution in [3.8, 4) is 5.75 Å². The molecule has 0 aliphatic heterocycles. The highest BCUT2D eigenvalue weighted by atomic mass is 32.2. The number of nitrogens with two attached hydrogens (primary N) is 1. The Balaban J connectivity index is 1.85. The number of aryl methyl sites for hydroxylation is 1. The molecule has 7 nitrogen and oxygen atoms in total. The van der Waals surface area contributed by atoms with Gasteiger partial charge in [0.05, 0.1) is 7.11 Å². The highest BCUT2D eigenvalue weighted by Gasteiger charge is 2.12. The topological polar surface area (TPSA) is 90.3 Å². The monoisotopic (exact) mass is 376 g/mol. The van der Waals surface area contributed by atoms with Crippen molar-refractivity contribution in [1.29, 1.82) is 0 Å². The summed E-state index contributed by atoms with van der Waals surface area (Å²) in [4.78, 5) is 4.38. The smallest absolute Gasteiger partial charge is 0.193 e. The Morgan fingerprint density at radius 1 is 1.31 bits per heavy atom. The first-order chi connectivity index (χ1) is 12.5. The molecule has 1 aromatic heterocycles. The van der Waals surface area contributed by atoms with Crippen LogP contribution in [0.5, 0.6) is 5.75 Å². The molecule has 0 fully saturated rings. The molecule has 0 saturated heterocycles. The van der Waals surface area contributed by atoms with E-state index in [1.54, 1.807) is 18.9 Å². The van der Waals surface area contributed by atoms with Crippen LogP contribution in [0.15, 0.2) is 34.4 Å². The molecule has 0 amide bonds. The third-order valence-corrected chi connectivity index (χ3v) is 4.39. The summed E-state index contributed by atoms with van der Waals surface area (Å²) in [6, 6.07) is 7.56. The maximum absolute atomic E-state index is 5.95. The standard InChI is InChI=1S/C18H28N6OS/c1-13(2)12-24-16(22-23-18(24)26-4)6-5-11-20-17(19)21-14-7-9-15(25-3)10-8-14/h7-10,13H,5-6,11-12H2,1-4H3,(H3,19,20,21). The van der Waals surface area contributed by atoms with Crippen LogP contribution >= 0.6 is 11.8 Å². The number of benzene rings is 1. The van der Waals surface area contributed by atoms with E-state index >= 15 is 0 Å². The fraction of sp³-hybridized carbons (Fsp3) is 0.500. The summed E-state index contributed by atoms with van der Waals surface area (Å²) in [5.41, 5.74) is 6.83. The molecule has 26 heavy (non-hydrogen) atoms. The molecule has 0 atom stereocenters. The van der Waals surface area contributed by atoms with Crippen LogP contribution in [0.3, 0.4) is 0 Å². The lowest BCUT2D eigenvalue weighted by Gasteiger charge is -2.11. The van der Waals surface area contributed by atoms with Gasteiger partial charge in [-0.2, -0.15) is 0 Å². The summed E-state index contributed by atoms with van der Waals surface area (Å²) in [6.45, 7) is 5.97. The van der Waals surface area contributed by atoms with Crippen LogP contribution in [0.25, 0.3) is 0 Å². The average molecular weight is 377 g/mol. The molecule has 1 heterocycles. The predicted molar refractivity (Wildman–Crippen MR) is 108 cm³/mol. The van der Waals surface area contributed by atoms with Gasteiger partial charge in [0, 0.05) is 25.2 Å². The molecule has 1 aromatic carbocycles. The Kier molecular flexibility index (Phi) is 7.77. The molecule has 142 valence electrons.